The van der Waals surface area contributed by atoms with Crippen molar-refractivity contribution in [2.45, 2.75) is 0 Å². The predicted octanol–water partition coefficient (Wildman–Crippen LogP) is -0.255. The molecule has 1 rings (SSSR count). The second-order valence-electron chi connectivity index (χ2n) is 2.69. The number of carbonyl (C=O) groups is 1. The second kappa shape index (κ2) is 5.03. The third-order valence-electron chi connectivity index (χ3n) is 1.69. The van der Waals surface area contributed by atoms with Gasteiger partial charge in [-0.3, -0.25) is 20.8 Å². The normalized spacial score (nSPS) is 9.67. The predicted molar refractivity (Wildman–Crippen MR) is 52.8 cm³/mol. The minimum absolute atomic E-state index is 0.0523. The highest BCUT2D eigenvalue weighted by Gasteiger charge is 2.08. The number of rotatable bonds is 4. The van der Waals surface area contributed by atoms with Crippen LogP contribution >= 0.6 is 0 Å². The summed E-state index contributed by atoms with van der Waals surface area (Å²) in [6, 6.07) is 5.30. The van der Waals surface area contributed by atoms with E-state index < -0.39 is 4.92 Å². The van der Waals surface area contributed by atoms with Gasteiger partial charge >= 0.3 is 0 Å². The smallest absolute Gasteiger partial charge is 0.269 e. The summed E-state index contributed by atoms with van der Waals surface area (Å²) in [6.45, 7) is 0.135. The van der Waals surface area contributed by atoms with E-state index in [0.29, 0.717) is 5.56 Å². The highest BCUT2D eigenvalue weighted by Crippen LogP contribution is 2.11. The molecule has 80 valence electrons. The molecule has 1 amide bonds. The molecule has 0 atom stereocenters. The van der Waals surface area contributed by atoms with Gasteiger partial charge in [0.25, 0.3) is 11.6 Å². The minimum atomic E-state index is -0.525. The molecule has 0 heterocycles. The Balaban J connectivity index is 2.71. The van der Waals surface area contributed by atoms with Gasteiger partial charge in [-0.05, 0) is 12.1 Å². The topological polar surface area (TPSA) is 110 Å². The standard InChI is InChI=1S/C8H10N4O3/c9-11-5-10-8(13)6-1-3-7(4-2-6)12(14)15/h1-4,11H,5,9H2,(H,10,13). The van der Waals surface area contributed by atoms with Gasteiger partial charge in [-0.1, -0.05) is 0 Å². The number of non-ortho nitro benzene ring substituents is 1. The van der Waals surface area contributed by atoms with Crippen molar-refractivity contribution in [3.63, 3.8) is 0 Å². The van der Waals surface area contributed by atoms with Crippen LogP contribution in [-0.2, 0) is 0 Å². The van der Waals surface area contributed by atoms with E-state index in [2.05, 4.69) is 10.7 Å². The first kappa shape index (κ1) is 11.1. The van der Waals surface area contributed by atoms with E-state index in [1.165, 1.54) is 24.3 Å². The Hall–Kier alpha value is -1.99. The molecule has 0 aliphatic rings. The number of nitro benzene ring substituents is 1. The fourth-order valence-corrected chi connectivity index (χ4v) is 0.968. The van der Waals surface area contributed by atoms with Crippen LogP contribution in [-0.4, -0.2) is 17.5 Å². The molecular weight excluding hydrogens is 200 g/mol. The number of nitrogens with one attached hydrogen (secondary N) is 2. The third-order valence-corrected chi connectivity index (χ3v) is 1.69. The van der Waals surface area contributed by atoms with Gasteiger partial charge < -0.3 is 5.32 Å². The van der Waals surface area contributed by atoms with Crippen LogP contribution < -0.4 is 16.6 Å². The molecule has 0 bridgehead atoms. The second-order valence-corrected chi connectivity index (χ2v) is 2.69. The number of nitrogens with two attached hydrogens (primary N) is 1. The fourth-order valence-electron chi connectivity index (χ4n) is 0.968. The van der Waals surface area contributed by atoms with Gasteiger partial charge in [0.1, 0.15) is 0 Å². The van der Waals surface area contributed by atoms with Gasteiger partial charge in [0, 0.05) is 17.7 Å². The summed E-state index contributed by atoms with van der Waals surface area (Å²) in [5.41, 5.74) is 2.55. The Morgan fingerprint density at radius 3 is 2.47 bits per heavy atom. The maximum atomic E-state index is 11.3. The Morgan fingerprint density at radius 2 is 2.00 bits per heavy atom. The molecule has 7 nitrogen and oxygen atoms in total. The van der Waals surface area contributed by atoms with E-state index in [1.54, 1.807) is 0 Å². The largest absolute Gasteiger partial charge is 0.338 e. The van der Waals surface area contributed by atoms with Crippen LogP contribution in [0.4, 0.5) is 5.69 Å². The molecule has 15 heavy (non-hydrogen) atoms. The van der Waals surface area contributed by atoms with E-state index in [4.69, 9.17) is 5.84 Å². The zero-order valence-corrected chi connectivity index (χ0v) is 7.77. The zero-order valence-electron chi connectivity index (χ0n) is 7.77. The quantitative estimate of drug-likeness (QED) is 0.274. The molecule has 0 fully saturated rings. The summed E-state index contributed by atoms with van der Waals surface area (Å²) in [4.78, 5) is 21.1. The SMILES string of the molecule is NNCNC(=O)c1ccc([N+](=O)[O-])cc1. The molecule has 0 aliphatic carbocycles. The number of hydrazine groups is 1. The summed E-state index contributed by atoms with van der Waals surface area (Å²) in [5, 5.41) is 12.8. The molecule has 0 spiro atoms. The molecule has 0 aliphatic heterocycles. The molecule has 1 aromatic carbocycles. The van der Waals surface area contributed by atoms with Crippen LogP contribution in [0.5, 0.6) is 0 Å². The Labute approximate surface area is 85.4 Å². The van der Waals surface area contributed by atoms with Crippen LogP contribution in [0.15, 0.2) is 24.3 Å². The average Bonchev–Trinajstić information content (AvgIpc) is 2.26. The van der Waals surface area contributed by atoms with Gasteiger partial charge in [0.05, 0.1) is 11.6 Å². The fraction of sp³-hybridized carbons (Fsp3) is 0.125. The maximum Gasteiger partial charge on any atom is 0.269 e. The van der Waals surface area contributed by atoms with Gasteiger partial charge in [-0.15, -0.1) is 0 Å². The Kier molecular flexibility index (Phi) is 3.72. The van der Waals surface area contributed by atoms with E-state index in [-0.39, 0.29) is 18.3 Å². The molecule has 0 saturated carbocycles. The van der Waals surface area contributed by atoms with Crippen LogP contribution in [0.25, 0.3) is 0 Å². The minimum Gasteiger partial charge on any atom is -0.338 e. The van der Waals surface area contributed by atoms with Crippen LogP contribution in [0.2, 0.25) is 0 Å². The van der Waals surface area contributed by atoms with Crippen molar-refractivity contribution in [2.75, 3.05) is 6.67 Å². The lowest BCUT2D eigenvalue weighted by atomic mass is 10.2. The molecule has 0 saturated heterocycles. The monoisotopic (exact) mass is 210 g/mol. The van der Waals surface area contributed by atoms with Crippen molar-refractivity contribution in [3.05, 3.63) is 39.9 Å². The zero-order chi connectivity index (χ0) is 11.3. The molecular formula is C8H10N4O3. The van der Waals surface area contributed by atoms with Crippen molar-refractivity contribution in [3.8, 4) is 0 Å². The number of carbonyl (C=O) groups excluding carboxylic acids is 1. The Bertz CT molecular complexity index is 363. The van der Waals surface area contributed by atoms with Crippen molar-refractivity contribution >= 4 is 11.6 Å². The average molecular weight is 210 g/mol. The highest BCUT2D eigenvalue weighted by atomic mass is 16.6. The molecule has 4 N–H and O–H groups in total. The van der Waals surface area contributed by atoms with Crippen LogP contribution in [0.3, 0.4) is 0 Å². The van der Waals surface area contributed by atoms with Gasteiger partial charge in [0.15, 0.2) is 0 Å². The molecule has 7 heteroatoms. The first-order valence-corrected chi connectivity index (χ1v) is 4.11. The van der Waals surface area contributed by atoms with Crippen molar-refractivity contribution in [2.24, 2.45) is 5.84 Å². The first-order chi connectivity index (χ1) is 7.15. The highest BCUT2D eigenvalue weighted by molar-refractivity contribution is 5.94. The lowest BCUT2D eigenvalue weighted by Gasteiger charge is -2.03. The number of hydrogen-bond acceptors (Lipinski definition) is 5. The maximum absolute atomic E-state index is 11.3. The van der Waals surface area contributed by atoms with Crippen LogP contribution in [0.1, 0.15) is 10.4 Å². The number of benzene rings is 1. The first-order valence-electron chi connectivity index (χ1n) is 4.11. The Morgan fingerprint density at radius 1 is 1.40 bits per heavy atom. The number of nitro groups is 1. The van der Waals surface area contributed by atoms with Crippen molar-refractivity contribution < 1.29 is 9.72 Å². The summed E-state index contributed by atoms with van der Waals surface area (Å²) < 4.78 is 0. The third kappa shape index (κ3) is 3.01. The summed E-state index contributed by atoms with van der Waals surface area (Å²) >= 11 is 0. The van der Waals surface area contributed by atoms with E-state index in [9.17, 15) is 14.9 Å². The molecule has 1 aromatic rings. The lowest BCUT2D eigenvalue weighted by Crippen LogP contribution is -2.37. The van der Waals surface area contributed by atoms with Gasteiger partial charge in [0.2, 0.25) is 0 Å². The number of amides is 1. The molecule has 0 aromatic heterocycles. The summed E-state index contributed by atoms with van der Waals surface area (Å²) in [6.07, 6.45) is 0. The summed E-state index contributed by atoms with van der Waals surface area (Å²) in [5.74, 6) is 4.62. The van der Waals surface area contributed by atoms with Crippen LogP contribution in [0, 0.1) is 10.1 Å². The molecule has 0 unspecified atom stereocenters. The number of hydrogen-bond donors (Lipinski definition) is 3. The van der Waals surface area contributed by atoms with Gasteiger partial charge in [-0.25, -0.2) is 5.43 Å². The molecule has 0 radical (unpaired) electrons. The lowest BCUT2D eigenvalue weighted by molar-refractivity contribution is -0.384. The van der Waals surface area contributed by atoms with E-state index in [1.807, 2.05) is 0 Å². The van der Waals surface area contributed by atoms with Gasteiger partial charge in [-0.2, -0.15) is 0 Å². The number of nitrogens with zero attached hydrogens (tertiary/aromatic N) is 1. The van der Waals surface area contributed by atoms with Crippen molar-refractivity contribution in [1.82, 2.24) is 10.7 Å². The van der Waals surface area contributed by atoms with E-state index in [0.717, 1.165) is 0 Å². The summed E-state index contributed by atoms with van der Waals surface area (Å²) in [7, 11) is 0. The van der Waals surface area contributed by atoms with E-state index >= 15 is 0 Å². The van der Waals surface area contributed by atoms with Crippen molar-refractivity contribution in [1.29, 1.82) is 0 Å².